The molecule has 0 aliphatic heterocycles. The number of hydrogen-bond acceptors (Lipinski definition) is 5. The van der Waals surface area contributed by atoms with Crippen LogP contribution in [0.15, 0.2) is 18.2 Å². The van der Waals surface area contributed by atoms with E-state index >= 15 is 0 Å². The van der Waals surface area contributed by atoms with Crippen molar-refractivity contribution >= 4 is 37.9 Å². The number of phenols is 1. The topological polar surface area (TPSA) is 135 Å². The second-order valence-electron chi connectivity index (χ2n) is 3.03. The van der Waals surface area contributed by atoms with E-state index in [-0.39, 0.29) is 5.02 Å². The van der Waals surface area contributed by atoms with Gasteiger partial charge >= 0.3 is 20.6 Å². The summed E-state index contributed by atoms with van der Waals surface area (Å²) >= 11 is 5.41. The Kier molecular flexibility index (Phi) is 4.23. The number of halogens is 2. The lowest BCUT2D eigenvalue weighted by molar-refractivity contribution is 0.127. The van der Waals surface area contributed by atoms with Gasteiger partial charge in [-0.05, 0) is 12.1 Å². The molecule has 0 amide bonds. The Morgan fingerprint density at radius 1 is 1.11 bits per heavy atom. The summed E-state index contributed by atoms with van der Waals surface area (Å²) in [5, 5.41) is 8.97. The molecule has 0 saturated heterocycles. The maximum atomic E-state index is 13.3. The highest BCUT2D eigenvalue weighted by molar-refractivity contribution is 7.89. The predicted octanol–water partition coefficient (Wildman–Crippen LogP) is 0.559. The van der Waals surface area contributed by atoms with Crippen molar-refractivity contribution in [2.24, 2.45) is 0 Å². The summed E-state index contributed by atoms with van der Waals surface area (Å²) in [7, 11) is -11.1. The highest BCUT2D eigenvalue weighted by atomic mass is 35.5. The molecule has 0 bridgehead atoms. The SMILES string of the molecule is O=S(=O)(O)N(F)N(c1ccc(Cl)c(O)c1)S(=O)(=O)O. The molecule has 19 heavy (non-hydrogen) atoms. The van der Waals surface area contributed by atoms with Crippen LogP contribution in [0.5, 0.6) is 5.75 Å². The summed E-state index contributed by atoms with van der Waals surface area (Å²) in [4.78, 5) is 0. The van der Waals surface area contributed by atoms with Crippen LogP contribution in [0.25, 0.3) is 0 Å². The van der Waals surface area contributed by atoms with Crippen molar-refractivity contribution in [1.29, 1.82) is 0 Å². The first-order chi connectivity index (χ1) is 8.44. The van der Waals surface area contributed by atoms with E-state index < -0.39 is 41.1 Å². The van der Waals surface area contributed by atoms with Crippen LogP contribution in [0.2, 0.25) is 5.02 Å². The lowest BCUT2D eigenvalue weighted by Crippen LogP contribution is -2.44. The molecule has 0 fully saturated rings. The minimum atomic E-state index is -5.62. The quantitative estimate of drug-likeness (QED) is 0.415. The van der Waals surface area contributed by atoms with Crippen molar-refractivity contribution < 1.29 is 35.5 Å². The van der Waals surface area contributed by atoms with Crippen LogP contribution in [-0.4, -0.2) is 35.7 Å². The van der Waals surface area contributed by atoms with Crippen LogP contribution >= 0.6 is 11.6 Å². The molecule has 0 aliphatic rings. The number of benzene rings is 1. The third-order valence-corrected chi connectivity index (χ3v) is 3.46. The number of hydrazine groups is 1. The van der Waals surface area contributed by atoms with E-state index in [4.69, 9.17) is 20.7 Å². The van der Waals surface area contributed by atoms with Crippen LogP contribution in [-0.2, 0) is 20.6 Å². The zero-order valence-electron chi connectivity index (χ0n) is 8.67. The molecule has 0 aliphatic carbocycles. The second-order valence-corrected chi connectivity index (χ2v) is 5.88. The van der Waals surface area contributed by atoms with Gasteiger partial charge in [0.2, 0.25) is 0 Å². The molecule has 13 heteroatoms. The lowest BCUT2D eigenvalue weighted by atomic mass is 10.3. The Labute approximate surface area is 112 Å². The Hall–Kier alpha value is -1.18. The summed E-state index contributed by atoms with van der Waals surface area (Å²) in [6.45, 7) is 0. The van der Waals surface area contributed by atoms with Gasteiger partial charge in [0.1, 0.15) is 10.4 Å². The third-order valence-electron chi connectivity index (χ3n) is 1.70. The zero-order chi connectivity index (χ0) is 15.0. The van der Waals surface area contributed by atoms with E-state index in [0.29, 0.717) is 6.07 Å². The smallest absolute Gasteiger partial charge is 0.382 e. The van der Waals surface area contributed by atoms with E-state index in [1.54, 1.807) is 0 Å². The van der Waals surface area contributed by atoms with E-state index in [0.717, 1.165) is 12.1 Å². The Morgan fingerprint density at radius 3 is 2.00 bits per heavy atom. The van der Waals surface area contributed by atoms with E-state index in [9.17, 15) is 26.4 Å². The summed E-state index contributed by atoms with van der Waals surface area (Å²) in [6.07, 6.45) is 0. The van der Waals surface area contributed by atoms with E-state index in [1.807, 2.05) is 0 Å². The average Bonchev–Trinajstić information content (AvgIpc) is 2.20. The van der Waals surface area contributed by atoms with Gasteiger partial charge in [-0.25, -0.2) is 0 Å². The molecular weight excluding hydrogens is 331 g/mol. The van der Waals surface area contributed by atoms with Gasteiger partial charge in [-0.15, -0.1) is 4.41 Å². The largest absolute Gasteiger partial charge is 0.506 e. The van der Waals surface area contributed by atoms with E-state index in [2.05, 4.69) is 0 Å². The molecule has 0 heterocycles. The lowest BCUT2D eigenvalue weighted by Gasteiger charge is -2.23. The molecule has 0 aromatic heterocycles. The van der Waals surface area contributed by atoms with Crippen LogP contribution in [0.1, 0.15) is 0 Å². The molecule has 1 aromatic carbocycles. The first-order valence-corrected chi connectivity index (χ1v) is 7.31. The molecule has 0 saturated carbocycles. The fraction of sp³-hybridized carbons (Fsp3) is 0. The monoisotopic (exact) mass is 336 g/mol. The standard InChI is InChI=1S/C6H6ClFN2O7S2/c7-5-2-1-4(3-6(5)11)9(18(12,13)14)10(8)19(15,16)17/h1-3,11H,(H,12,13,14)(H,15,16,17). The third kappa shape index (κ3) is 3.65. The van der Waals surface area contributed by atoms with Gasteiger partial charge in [-0.2, -0.15) is 16.8 Å². The van der Waals surface area contributed by atoms with Gasteiger partial charge in [0, 0.05) is 6.07 Å². The first-order valence-electron chi connectivity index (χ1n) is 4.14. The highest BCUT2D eigenvalue weighted by Crippen LogP contribution is 2.30. The first kappa shape index (κ1) is 15.9. The maximum absolute atomic E-state index is 13.3. The molecule has 1 aromatic rings. The Bertz CT molecular complexity index is 692. The number of nitrogens with zero attached hydrogens (tertiary/aromatic N) is 2. The number of phenolic OH excluding ortho intramolecular Hbond substituents is 1. The number of aromatic hydroxyl groups is 1. The van der Waals surface area contributed by atoms with Gasteiger partial charge < -0.3 is 5.11 Å². The van der Waals surface area contributed by atoms with Crippen molar-refractivity contribution in [3.8, 4) is 5.75 Å². The van der Waals surface area contributed by atoms with Crippen LogP contribution < -0.4 is 4.41 Å². The molecule has 0 radical (unpaired) electrons. The summed E-state index contributed by atoms with van der Waals surface area (Å²) < 4.78 is 70.9. The average molecular weight is 337 g/mol. The van der Waals surface area contributed by atoms with Gasteiger partial charge in [0.05, 0.1) is 10.7 Å². The fourth-order valence-corrected chi connectivity index (χ4v) is 2.47. The van der Waals surface area contributed by atoms with Gasteiger partial charge in [0.25, 0.3) is 0 Å². The molecule has 9 nitrogen and oxygen atoms in total. The molecule has 1 rings (SSSR count). The van der Waals surface area contributed by atoms with Crippen molar-refractivity contribution in [3.05, 3.63) is 23.2 Å². The fourth-order valence-electron chi connectivity index (χ4n) is 1.02. The van der Waals surface area contributed by atoms with Gasteiger partial charge in [-0.1, -0.05) is 16.1 Å². The number of rotatable bonds is 4. The van der Waals surface area contributed by atoms with Crippen LogP contribution in [0, 0.1) is 0 Å². The van der Waals surface area contributed by atoms with Crippen molar-refractivity contribution in [2.45, 2.75) is 0 Å². The van der Waals surface area contributed by atoms with Gasteiger partial charge in [-0.3, -0.25) is 9.11 Å². The van der Waals surface area contributed by atoms with Crippen molar-refractivity contribution in [1.82, 2.24) is 4.64 Å². The molecule has 0 spiro atoms. The molecular formula is C6H6ClFN2O7S2. The van der Waals surface area contributed by atoms with Crippen LogP contribution in [0.3, 0.4) is 0 Å². The zero-order valence-corrected chi connectivity index (χ0v) is 11.1. The maximum Gasteiger partial charge on any atom is 0.382 e. The predicted molar refractivity (Wildman–Crippen MR) is 61.6 cm³/mol. The van der Waals surface area contributed by atoms with Crippen LogP contribution in [0.4, 0.5) is 10.2 Å². The van der Waals surface area contributed by atoms with Crippen molar-refractivity contribution in [2.75, 3.05) is 4.41 Å². The normalized spacial score (nSPS) is 12.7. The second kappa shape index (κ2) is 5.07. The van der Waals surface area contributed by atoms with Gasteiger partial charge in [0.15, 0.2) is 0 Å². The highest BCUT2D eigenvalue weighted by Gasteiger charge is 2.36. The minimum Gasteiger partial charge on any atom is -0.506 e. The van der Waals surface area contributed by atoms with Crippen molar-refractivity contribution in [3.63, 3.8) is 0 Å². The minimum absolute atomic E-state index is 0.240. The summed E-state index contributed by atoms with van der Waals surface area (Å²) in [6, 6.07) is 2.23. The van der Waals surface area contributed by atoms with E-state index in [1.165, 1.54) is 0 Å². The summed E-state index contributed by atoms with van der Waals surface area (Å²) in [5.74, 6) is -0.712. The molecule has 108 valence electrons. The molecule has 0 unspecified atom stereocenters. The summed E-state index contributed by atoms with van der Waals surface area (Å²) in [5.41, 5.74) is -0.829. The number of anilines is 1. The number of hydrogen-bond donors (Lipinski definition) is 3. The Morgan fingerprint density at radius 2 is 1.63 bits per heavy atom. The molecule has 0 atom stereocenters. The Balaban J connectivity index is 3.46. The molecule has 3 N–H and O–H groups in total.